The minimum Gasteiger partial charge on any atom is -0.494 e. The molecule has 1 aromatic carbocycles. The number of anilines is 2. The van der Waals surface area contributed by atoms with Crippen molar-refractivity contribution in [1.82, 2.24) is 24.5 Å². The van der Waals surface area contributed by atoms with Crippen molar-refractivity contribution in [2.24, 2.45) is 0 Å². The number of nitrogens with one attached hydrogen (secondary N) is 1. The smallest absolute Gasteiger partial charge is 0.412 e. The summed E-state index contributed by atoms with van der Waals surface area (Å²) in [5.74, 6) is -0.803. The number of methoxy groups -OCH3 is 2. The van der Waals surface area contributed by atoms with E-state index in [1.54, 1.807) is 16.7 Å². The second-order valence-electron chi connectivity index (χ2n) is 6.72. The zero-order chi connectivity index (χ0) is 23.5. The first-order valence-corrected chi connectivity index (χ1v) is 9.54. The van der Waals surface area contributed by atoms with E-state index in [4.69, 9.17) is 4.74 Å². The molecule has 2 amide bonds. The normalized spacial score (nSPS) is 10.7. The van der Waals surface area contributed by atoms with E-state index in [9.17, 15) is 14.0 Å². The summed E-state index contributed by atoms with van der Waals surface area (Å²) in [6.45, 7) is 0. The van der Waals surface area contributed by atoms with Gasteiger partial charge in [-0.3, -0.25) is 14.7 Å². The molecule has 0 atom stereocenters. The van der Waals surface area contributed by atoms with Crippen LogP contribution in [0.15, 0.2) is 49.1 Å². The Morgan fingerprint density at radius 2 is 1.91 bits per heavy atom. The quantitative estimate of drug-likeness (QED) is 0.491. The number of hydrogen-bond donors (Lipinski definition) is 1. The van der Waals surface area contributed by atoms with E-state index in [1.807, 2.05) is 0 Å². The van der Waals surface area contributed by atoms with Crippen LogP contribution in [0.2, 0.25) is 0 Å². The Kier molecular flexibility index (Phi) is 5.81. The van der Waals surface area contributed by atoms with Crippen LogP contribution in [0.25, 0.3) is 16.9 Å². The number of aromatic nitrogens is 5. The van der Waals surface area contributed by atoms with E-state index in [-0.39, 0.29) is 11.6 Å². The van der Waals surface area contributed by atoms with E-state index in [0.717, 1.165) is 0 Å². The first kappa shape index (κ1) is 21.6. The number of fused-ring (bicyclic) bond motifs is 1. The lowest BCUT2D eigenvalue weighted by molar-refractivity contribution is 0.0983. The van der Waals surface area contributed by atoms with Crippen LogP contribution in [-0.4, -0.2) is 57.8 Å². The number of ether oxygens (including phenoxy) is 2. The molecule has 3 aromatic heterocycles. The number of pyridine rings is 1. The molecule has 33 heavy (non-hydrogen) atoms. The molecule has 0 aliphatic heterocycles. The molecule has 168 valence electrons. The van der Waals surface area contributed by atoms with Crippen LogP contribution < -0.4 is 15.0 Å². The van der Waals surface area contributed by atoms with E-state index in [1.165, 1.54) is 63.1 Å². The lowest BCUT2D eigenvalue weighted by Gasteiger charge is -2.17. The Labute approximate surface area is 186 Å². The molecule has 12 heteroatoms. The average Bonchev–Trinajstić information content (AvgIpc) is 3.27. The van der Waals surface area contributed by atoms with E-state index in [2.05, 4.69) is 30.0 Å². The number of nitrogens with zero attached hydrogens (tertiary/aromatic N) is 6. The topological polar surface area (TPSA) is 124 Å². The van der Waals surface area contributed by atoms with E-state index >= 15 is 0 Å². The number of rotatable bonds is 5. The highest BCUT2D eigenvalue weighted by Crippen LogP contribution is 2.25. The maximum atomic E-state index is 13.7. The maximum Gasteiger partial charge on any atom is 0.412 e. The SMILES string of the molecule is COC(=O)Nc1ccc(-n2cnc3cnc(C(=O)N(C)c4ccc(F)c(OC)c4)nc32)cn1. The van der Waals surface area contributed by atoms with Gasteiger partial charge >= 0.3 is 6.09 Å². The van der Waals surface area contributed by atoms with Gasteiger partial charge in [0.15, 0.2) is 17.2 Å². The van der Waals surface area contributed by atoms with Crippen LogP contribution in [0, 0.1) is 5.82 Å². The summed E-state index contributed by atoms with van der Waals surface area (Å²) >= 11 is 0. The second-order valence-corrected chi connectivity index (χ2v) is 6.72. The molecular weight excluding hydrogens is 433 g/mol. The first-order chi connectivity index (χ1) is 15.9. The number of hydrogen-bond acceptors (Lipinski definition) is 8. The van der Waals surface area contributed by atoms with E-state index in [0.29, 0.717) is 28.4 Å². The van der Waals surface area contributed by atoms with Crippen LogP contribution in [0.5, 0.6) is 5.75 Å². The van der Waals surface area contributed by atoms with Gasteiger partial charge in [0.25, 0.3) is 5.91 Å². The molecule has 0 bridgehead atoms. The van der Waals surface area contributed by atoms with Gasteiger partial charge < -0.3 is 14.4 Å². The average molecular weight is 451 g/mol. The highest BCUT2D eigenvalue weighted by Gasteiger charge is 2.20. The number of imidazole rings is 1. The van der Waals surface area contributed by atoms with Crippen molar-refractivity contribution in [3.05, 3.63) is 60.7 Å². The van der Waals surface area contributed by atoms with Crippen molar-refractivity contribution >= 4 is 34.7 Å². The third kappa shape index (κ3) is 4.26. The van der Waals surface area contributed by atoms with Gasteiger partial charge in [-0.1, -0.05) is 0 Å². The van der Waals surface area contributed by atoms with Crippen molar-refractivity contribution in [1.29, 1.82) is 0 Å². The van der Waals surface area contributed by atoms with Gasteiger partial charge in [-0.05, 0) is 24.3 Å². The molecule has 11 nitrogen and oxygen atoms in total. The fourth-order valence-corrected chi connectivity index (χ4v) is 2.98. The number of benzene rings is 1. The first-order valence-electron chi connectivity index (χ1n) is 9.54. The Morgan fingerprint density at radius 3 is 2.61 bits per heavy atom. The Balaban J connectivity index is 1.64. The highest BCUT2D eigenvalue weighted by molar-refractivity contribution is 6.03. The molecule has 4 aromatic rings. The van der Waals surface area contributed by atoms with Crippen LogP contribution in [-0.2, 0) is 4.74 Å². The number of carbonyl (C=O) groups excluding carboxylic acids is 2. The lowest BCUT2D eigenvalue weighted by Crippen LogP contribution is -2.28. The van der Waals surface area contributed by atoms with Crippen LogP contribution >= 0.6 is 0 Å². The van der Waals surface area contributed by atoms with Crippen molar-refractivity contribution in [3.8, 4) is 11.4 Å². The standard InChI is InChI=1S/C21H18FN7O4/c1-28(12-4-6-14(22)16(8-12)32-2)20(30)18-24-10-15-19(27-18)29(11-25-15)13-5-7-17(23-9-13)26-21(31)33-3/h4-11H,1-3H3,(H,23,26,31). The molecule has 4 rings (SSSR count). The molecule has 0 unspecified atom stereocenters. The van der Waals surface area contributed by atoms with Gasteiger partial charge in [0.2, 0.25) is 5.82 Å². The lowest BCUT2D eigenvalue weighted by atomic mass is 10.2. The minimum atomic E-state index is -0.637. The zero-order valence-corrected chi connectivity index (χ0v) is 17.8. The van der Waals surface area contributed by atoms with Gasteiger partial charge in [-0.2, -0.15) is 0 Å². The molecule has 0 aliphatic carbocycles. The van der Waals surface area contributed by atoms with Crippen LogP contribution in [0.1, 0.15) is 10.6 Å². The highest BCUT2D eigenvalue weighted by atomic mass is 19.1. The maximum absolute atomic E-state index is 13.7. The third-order valence-corrected chi connectivity index (χ3v) is 4.75. The minimum absolute atomic E-state index is 0.0132. The van der Waals surface area contributed by atoms with Gasteiger partial charge in [-0.15, -0.1) is 0 Å². The summed E-state index contributed by atoms with van der Waals surface area (Å²) in [7, 11) is 4.12. The zero-order valence-electron chi connectivity index (χ0n) is 17.8. The van der Waals surface area contributed by atoms with Gasteiger partial charge in [0, 0.05) is 18.8 Å². The molecule has 0 radical (unpaired) electrons. The number of carbonyl (C=O) groups is 2. The van der Waals surface area contributed by atoms with Gasteiger partial charge in [0.1, 0.15) is 17.7 Å². The third-order valence-electron chi connectivity index (χ3n) is 4.75. The fourth-order valence-electron chi connectivity index (χ4n) is 2.98. The van der Waals surface area contributed by atoms with Crippen molar-refractivity contribution in [2.75, 3.05) is 31.5 Å². The van der Waals surface area contributed by atoms with Crippen molar-refractivity contribution < 1.29 is 23.5 Å². The molecule has 0 spiro atoms. The summed E-state index contributed by atoms with van der Waals surface area (Å²) in [6.07, 6.45) is 3.83. The fraction of sp³-hybridized carbons (Fsp3) is 0.143. The van der Waals surface area contributed by atoms with Gasteiger partial charge in [0.05, 0.1) is 32.3 Å². The largest absolute Gasteiger partial charge is 0.494 e. The van der Waals surface area contributed by atoms with Crippen LogP contribution in [0.3, 0.4) is 0 Å². The summed E-state index contributed by atoms with van der Waals surface area (Å²) in [6, 6.07) is 7.35. The van der Waals surface area contributed by atoms with Crippen molar-refractivity contribution in [3.63, 3.8) is 0 Å². The Morgan fingerprint density at radius 1 is 1.09 bits per heavy atom. The molecule has 3 heterocycles. The second kappa shape index (κ2) is 8.86. The number of halogens is 1. The molecule has 0 saturated heterocycles. The van der Waals surface area contributed by atoms with E-state index < -0.39 is 17.8 Å². The Hall–Kier alpha value is -4.61. The van der Waals surface area contributed by atoms with Crippen molar-refractivity contribution in [2.45, 2.75) is 0 Å². The predicted octanol–water partition coefficient (Wildman–Crippen LogP) is 2.81. The molecule has 0 aliphatic rings. The summed E-state index contributed by atoms with van der Waals surface area (Å²) in [5, 5.41) is 2.46. The van der Waals surface area contributed by atoms with Crippen LogP contribution in [0.4, 0.5) is 20.7 Å². The Bertz CT molecular complexity index is 1340. The van der Waals surface area contributed by atoms with Gasteiger partial charge in [-0.25, -0.2) is 29.1 Å². The monoisotopic (exact) mass is 451 g/mol. The molecule has 1 N–H and O–H groups in total. The summed E-state index contributed by atoms with van der Waals surface area (Å²) in [5.41, 5.74) is 1.86. The molecule has 0 fully saturated rings. The molecular formula is C21H18FN7O4. The number of amides is 2. The predicted molar refractivity (Wildman–Crippen MR) is 116 cm³/mol. The summed E-state index contributed by atoms with van der Waals surface area (Å²) < 4.78 is 24.9. The molecule has 0 saturated carbocycles. The summed E-state index contributed by atoms with van der Waals surface area (Å²) in [4.78, 5) is 42.5.